The number of carboxylic acids is 1. The number of aliphatic carboxylic acids is 1. The van der Waals surface area contributed by atoms with Crippen molar-refractivity contribution in [2.24, 2.45) is 11.8 Å². The molecule has 1 amide bonds. The molecule has 2 aliphatic rings. The van der Waals surface area contributed by atoms with Gasteiger partial charge in [-0.15, -0.1) is 0 Å². The Labute approximate surface area is 268 Å². The van der Waals surface area contributed by atoms with E-state index >= 15 is 0 Å². The molecular formula is C32H46FN5O8. The number of carbonyl (C=O) groups is 2. The van der Waals surface area contributed by atoms with Gasteiger partial charge in [-0.25, -0.2) is 19.2 Å². The highest BCUT2D eigenvalue weighted by atomic mass is 19.1. The first-order valence-electron chi connectivity index (χ1n) is 16.0. The molecule has 2 fully saturated rings. The Balaban J connectivity index is 1.08. The first-order chi connectivity index (χ1) is 22.0. The van der Waals surface area contributed by atoms with Crippen molar-refractivity contribution in [1.82, 2.24) is 20.2 Å². The van der Waals surface area contributed by atoms with E-state index in [1.54, 1.807) is 17.0 Å². The zero-order valence-corrected chi connectivity index (χ0v) is 26.2. The van der Waals surface area contributed by atoms with Gasteiger partial charge in [0.2, 0.25) is 11.9 Å². The van der Waals surface area contributed by atoms with Gasteiger partial charge >= 0.3 is 5.97 Å². The summed E-state index contributed by atoms with van der Waals surface area (Å²) in [4.78, 5) is 36.2. The van der Waals surface area contributed by atoms with Gasteiger partial charge in [-0.2, -0.15) is 0 Å². The standard InChI is InChI=1S/C32H46FN5O8/c1-2-20-15-35-32(36-16-20)37-9-7-21(8-10-37)4-3-11-46-24-6-5-23(25(33)13-24)12-27(40)38-18-22(19-38)14-34-17-26(39)28(41)29(42)30(43)31(44)45/h5-6,13,15-16,21-22,26,28-30,34,39,41-43H,2-4,7-12,14,17-19H2,1H3,(H,44,45)/t26-,28-,29+,30-/m0/s1. The Morgan fingerprint density at radius 3 is 2.39 bits per heavy atom. The highest BCUT2D eigenvalue weighted by Crippen LogP contribution is 2.25. The van der Waals surface area contributed by atoms with E-state index in [9.17, 15) is 34.4 Å². The second-order valence-corrected chi connectivity index (χ2v) is 12.3. The lowest BCUT2D eigenvalue weighted by Crippen LogP contribution is -2.55. The van der Waals surface area contributed by atoms with Crippen LogP contribution in [0.3, 0.4) is 0 Å². The molecule has 4 atom stereocenters. The molecule has 14 heteroatoms. The zero-order chi connectivity index (χ0) is 33.2. The number of ether oxygens (including phenoxy) is 1. The van der Waals surface area contributed by atoms with Gasteiger partial charge in [0.05, 0.1) is 19.1 Å². The molecule has 1 aromatic carbocycles. The van der Waals surface area contributed by atoms with Crippen LogP contribution in [0.25, 0.3) is 0 Å². The predicted octanol–water partition coefficient (Wildman–Crippen LogP) is 0.372. The number of aromatic nitrogens is 2. The Morgan fingerprint density at radius 1 is 1.07 bits per heavy atom. The third kappa shape index (κ3) is 9.79. The van der Waals surface area contributed by atoms with Crippen LogP contribution in [0.15, 0.2) is 30.6 Å². The number of aryl methyl sites for hydroxylation is 1. The summed E-state index contributed by atoms with van der Waals surface area (Å²) in [6.45, 7) is 5.56. The smallest absolute Gasteiger partial charge is 0.335 e. The lowest BCUT2D eigenvalue weighted by atomic mass is 9.92. The summed E-state index contributed by atoms with van der Waals surface area (Å²) in [6.07, 6.45) is 1.06. The van der Waals surface area contributed by atoms with E-state index in [0.29, 0.717) is 43.5 Å². The number of likely N-dealkylation sites (tertiary alicyclic amines) is 1. The van der Waals surface area contributed by atoms with Crippen molar-refractivity contribution in [3.8, 4) is 5.75 Å². The second kappa shape index (κ2) is 16.9. The van der Waals surface area contributed by atoms with E-state index in [1.807, 2.05) is 12.4 Å². The van der Waals surface area contributed by atoms with E-state index < -0.39 is 36.2 Å². The molecule has 0 saturated carbocycles. The molecule has 1 aromatic heterocycles. The first kappa shape index (κ1) is 35.4. The minimum atomic E-state index is -2.22. The molecule has 0 spiro atoms. The number of carboxylic acid groups (broad SMARTS) is 1. The molecule has 2 aliphatic heterocycles. The average Bonchev–Trinajstić information content (AvgIpc) is 3.04. The van der Waals surface area contributed by atoms with Gasteiger partial charge in [0.25, 0.3) is 0 Å². The third-order valence-corrected chi connectivity index (χ3v) is 8.81. The number of halogens is 1. The zero-order valence-electron chi connectivity index (χ0n) is 26.2. The van der Waals surface area contributed by atoms with Gasteiger partial charge in [-0.05, 0) is 55.2 Å². The van der Waals surface area contributed by atoms with Gasteiger partial charge in [-0.1, -0.05) is 13.0 Å². The summed E-state index contributed by atoms with van der Waals surface area (Å²) < 4.78 is 20.6. The number of benzene rings is 1. The van der Waals surface area contributed by atoms with Crippen LogP contribution >= 0.6 is 0 Å². The summed E-state index contributed by atoms with van der Waals surface area (Å²) >= 11 is 0. The van der Waals surface area contributed by atoms with E-state index in [1.165, 1.54) is 6.07 Å². The van der Waals surface area contributed by atoms with Crippen LogP contribution < -0.4 is 15.0 Å². The van der Waals surface area contributed by atoms with Crippen molar-refractivity contribution in [2.75, 3.05) is 50.8 Å². The monoisotopic (exact) mass is 647 g/mol. The van der Waals surface area contributed by atoms with Gasteiger partial charge in [0, 0.05) is 63.6 Å². The number of nitrogens with one attached hydrogen (secondary N) is 1. The largest absolute Gasteiger partial charge is 0.493 e. The number of carbonyl (C=O) groups excluding carboxylic acids is 1. The number of nitrogens with zero attached hydrogens (tertiary/aromatic N) is 4. The maximum Gasteiger partial charge on any atom is 0.335 e. The molecule has 0 radical (unpaired) electrons. The number of aliphatic hydroxyl groups is 4. The Morgan fingerprint density at radius 2 is 1.76 bits per heavy atom. The summed E-state index contributed by atoms with van der Waals surface area (Å²) in [6, 6.07) is 4.58. The van der Waals surface area contributed by atoms with Crippen molar-refractivity contribution < 1.29 is 44.2 Å². The number of anilines is 1. The lowest BCUT2D eigenvalue weighted by molar-refractivity contribution is -0.162. The molecule has 2 aromatic rings. The third-order valence-electron chi connectivity index (χ3n) is 8.81. The molecule has 4 rings (SSSR count). The summed E-state index contributed by atoms with van der Waals surface area (Å²) in [5, 5.41) is 50.3. The van der Waals surface area contributed by atoms with E-state index in [4.69, 9.17) is 9.84 Å². The quantitative estimate of drug-likeness (QED) is 0.130. The van der Waals surface area contributed by atoms with E-state index in [2.05, 4.69) is 27.1 Å². The molecule has 0 aliphatic carbocycles. The topological polar surface area (TPSA) is 189 Å². The maximum absolute atomic E-state index is 14.8. The van der Waals surface area contributed by atoms with Gasteiger partial charge in [0.1, 0.15) is 23.8 Å². The SMILES string of the molecule is CCc1cnc(N2CCC(CCCOc3ccc(CC(=O)N4CC(CNC[C@H](O)[C@H](O)[C@@H](O)[C@H](O)C(=O)O)C4)c(F)c3)CC2)nc1. The number of piperidine rings is 1. The Hall–Kier alpha value is -3.43. The highest BCUT2D eigenvalue weighted by molar-refractivity contribution is 5.79. The minimum absolute atomic E-state index is 0.0722. The Kier molecular flexibility index (Phi) is 13.0. The van der Waals surface area contributed by atoms with Crippen molar-refractivity contribution in [3.05, 3.63) is 47.5 Å². The van der Waals surface area contributed by atoms with Crippen molar-refractivity contribution in [1.29, 1.82) is 0 Å². The maximum atomic E-state index is 14.8. The van der Waals surface area contributed by atoms with Crippen LogP contribution in [0, 0.1) is 17.7 Å². The van der Waals surface area contributed by atoms with Crippen LogP contribution in [0.1, 0.15) is 43.7 Å². The number of aliphatic hydroxyl groups excluding tert-OH is 4. The van der Waals surface area contributed by atoms with Crippen LogP contribution in [0.2, 0.25) is 0 Å². The van der Waals surface area contributed by atoms with Gasteiger partial charge in [-0.3, -0.25) is 4.79 Å². The molecule has 2 saturated heterocycles. The summed E-state index contributed by atoms with van der Waals surface area (Å²) in [7, 11) is 0. The lowest BCUT2D eigenvalue weighted by Gasteiger charge is -2.39. The van der Waals surface area contributed by atoms with Gasteiger partial charge in [0.15, 0.2) is 6.10 Å². The van der Waals surface area contributed by atoms with Crippen LogP contribution in [-0.2, 0) is 22.4 Å². The second-order valence-electron chi connectivity index (χ2n) is 12.3. The van der Waals surface area contributed by atoms with Crippen LogP contribution in [0.5, 0.6) is 5.75 Å². The molecule has 0 bridgehead atoms. The van der Waals surface area contributed by atoms with Crippen LogP contribution in [-0.4, -0.2) is 123 Å². The summed E-state index contributed by atoms with van der Waals surface area (Å²) in [5.41, 5.74) is 1.42. The first-order valence-corrected chi connectivity index (χ1v) is 16.0. The molecule has 0 unspecified atom stereocenters. The number of hydrogen-bond acceptors (Lipinski definition) is 11. The molecular weight excluding hydrogens is 601 g/mol. The molecule has 13 nitrogen and oxygen atoms in total. The molecule has 3 heterocycles. The summed E-state index contributed by atoms with van der Waals surface area (Å²) in [5.74, 6) is -0.506. The molecule has 6 N–H and O–H groups in total. The van der Waals surface area contributed by atoms with Crippen LogP contribution in [0.4, 0.5) is 10.3 Å². The number of hydrogen-bond donors (Lipinski definition) is 6. The minimum Gasteiger partial charge on any atom is -0.493 e. The van der Waals surface area contributed by atoms with E-state index in [-0.39, 0.29) is 24.8 Å². The van der Waals surface area contributed by atoms with Crippen molar-refractivity contribution in [2.45, 2.75) is 69.9 Å². The van der Waals surface area contributed by atoms with E-state index in [0.717, 1.165) is 56.7 Å². The van der Waals surface area contributed by atoms with Gasteiger partial charge < -0.3 is 45.4 Å². The predicted molar refractivity (Wildman–Crippen MR) is 166 cm³/mol. The fraction of sp³-hybridized carbons (Fsp3) is 0.625. The van der Waals surface area contributed by atoms with Crippen molar-refractivity contribution >= 4 is 17.8 Å². The Bertz CT molecular complexity index is 1270. The molecule has 46 heavy (non-hydrogen) atoms. The normalized spacial score (nSPS) is 18.5. The fourth-order valence-corrected chi connectivity index (χ4v) is 5.73. The average molecular weight is 648 g/mol. The molecule has 254 valence electrons. The fourth-order valence-electron chi connectivity index (χ4n) is 5.73. The number of amides is 1. The number of rotatable bonds is 17. The highest BCUT2D eigenvalue weighted by Gasteiger charge is 2.35. The van der Waals surface area contributed by atoms with Crippen molar-refractivity contribution in [3.63, 3.8) is 0 Å².